The number of carboxylic acids is 1. The molecule has 1 saturated carbocycles. The lowest BCUT2D eigenvalue weighted by Gasteiger charge is -2.10. The number of rotatable bonds is 4. The minimum absolute atomic E-state index is 0.00217. The van der Waals surface area contributed by atoms with Gasteiger partial charge in [0.25, 0.3) is 0 Å². The average molecular weight is 312 g/mol. The molecular weight excluding hydrogens is 297 g/mol. The molecule has 112 valence electrons. The Balaban J connectivity index is 1.88. The first-order valence-corrected chi connectivity index (χ1v) is 7.00. The molecule has 0 spiro atoms. The second-order valence-electron chi connectivity index (χ2n) is 5.06. The molecular formula is C15H15ClFNO3. The Bertz CT molecular complexity index is 588. The van der Waals surface area contributed by atoms with Crippen LogP contribution < -0.4 is 5.32 Å². The summed E-state index contributed by atoms with van der Waals surface area (Å²) >= 11 is 5.65. The van der Waals surface area contributed by atoms with Gasteiger partial charge in [-0.25, -0.2) is 4.39 Å². The smallest absolute Gasteiger partial charge is 0.306 e. The van der Waals surface area contributed by atoms with Crippen LogP contribution in [0.15, 0.2) is 24.3 Å². The molecule has 1 aromatic carbocycles. The van der Waals surface area contributed by atoms with E-state index in [1.54, 1.807) is 0 Å². The van der Waals surface area contributed by atoms with E-state index < -0.39 is 11.8 Å². The molecule has 2 N–H and O–H groups in total. The number of carboxylic acid groups (broad SMARTS) is 1. The quantitative estimate of drug-likeness (QED) is 0.840. The molecule has 1 fully saturated rings. The summed E-state index contributed by atoms with van der Waals surface area (Å²) in [6.07, 6.45) is 4.57. The minimum atomic E-state index is -0.816. The highest BCUT2D eigenvalue weighted by molar-refractivity contribution is 6.30. The molecule has 1 aromatic rings. The van der Waals surface area contributed by atoms with E-state index in [0.717, 1.165) is 0 Å². The first-order chi connectivity index (χ1) is 9.95. The van der Waals surface area contributed by atoms with Crippen molar-refractivity contribution < 1.29 is 19.1 Å². The molecule has 21 heavy (non-hydrogen) atoms. The molecule has 1 aliphatic carbocycles. The summed E-state index contributed by atoms with van der Waals surface area (Å²) in [5.41, 5.74) is 0.617. The second-order valence-corrected chi connectivity index (χ2v) is 5.47. The first kappa shape index (κ1) is 15.5. The fourth-order valence-electron chi connectivity index (χ4n) is 2.37. The summed E-state index contributed by atoms with van der Waals surface area (Å²) in [4.78, 5) is 22.6. The third-order valence-electron chi connectivity index (χ3n) is 3.50. The van der Waals surface area contributed by atoms with Gasteiger partial charge in [0.1, 0.15) is 5.82 Å². The van der Waals surface area contributed by atoms with Crippen LogP contribution >= 0.6 is 11.6 Å². The van der Waals surface area contributed by atoms with E-state index in [1.807, 2.05) is 0 Å². The number of aliphatic carboxylic acids is 1. The van der Waals surface area contributed by atoms with Crippen molar-refractivity contribution in [3.8, 4) is 0 Å². The Kier molecular flexibility index (Phi) is 4.96. The topological polar surface area (TPSA) is 66.4 Å². The van der Waals surface area contributed by atoms with Crippen molar-refractivity contribution in [3.63, 3.8) is 0 Å². The molecule has 2 atom stereocenters. The molecule has 2 unspecified atom stereocenters. The van der Waals surface area contributed by atoms with Crippen LogP contribution in [-0.2, 0) is 9.59 Å². The van der Waals surface area contributed by atoms with Crippen molar-refractivity contribution >= 4 is 29.6 Å². The standard InChI is InChI=1S/C15H15ClFNO3/c16-12-7-9(1-5-13(12)17)2-6-14(19)18-11-4-3-10(8-11)15(20)21/h1-2,5-7,10-11H,3-4,8H2,(H,18,19)(H,20,21). The molecule has 6 heteroatoms. The van der Waals surface area contributed by atoms with E-state index in [0.29, 0.717) is 24.8 Å². The number of amides is 1. The Hall–Kier alpha value is -1.88. The Morgan fingerprint density at radius 1 is 1.38 bits per heavy atom. The van der Waals surface area contributed by atoms with Crippen molar-refractivity contribution in [2.24, 2.45) is 5.92 Å². The maximum absolute atomic E-state index is 13.0. The van der Waals surface area contributed by atoms with Gasteiger partial charge in [-0.2, -0.15) is 0 Å². The monoisotopic (exact) mass is 311 g/mol. The largest absolute Gasteiger partial charge is 0.481 e. The SMILES string of the molecule is O=C(C=Cc1ccc(F)c(Cl)c1)NC1CCC(C(=O)O)C1. The van der Waals surface area contributed by atoms with Crippen LogP contribution in [0.2, 0.25) is 5.02 Å². The summed E-state index contributed by atoms with van der Waals surface area (Å²) in [5.74, 6) is -2.01. The van der Waals surface area contributed by atoms with Crippen LogP contribution in [0.4, 0.5) is 4.39 Å². The zero-order valence-electron chi connectivity index (χ0n) is 11.2. The Labute approximate surface area is 126 Å². The van der Waals surface area contributed by atoms with Crippen molar-refractivity contribution in [2.45, 2.75) is 25.3 Å². The Morgan fingerprint density at radius 2 is 2.14 bits per heavy atom. The highest BCUT2D eigenvalue weighted by Crippen LogP contribution is 2.25. The van der Waals surface area contributed by atoms with Gasteiger partial charge >= 0.3 is 5.97 Å². The van der Waals surface area contributed by atoms with Crippen LogP contribution in [-0.4, -0.2) is 23.0 Å². The highest BCUT2D eigenvalue weighted by atomic mass is 35.5. The maximum atomic E-state index is 13.0. The van der Waals surface area contributed by atoms with Gasteiger partial charge in [0.2, 0.25) is 5.91 Å². The maximum Gasteiger partial charge on any atom is 0.306 e. The molecule has 0 radical (unpaired) electrons. The third-order valence-corrected chi connectivity index (χ3v) is 3.79. The van der Waals surface area contributed by atoms with E-state index in [9.17, 15) is 14.0 Å². The molecule has 2 rings (SSSR count). The number of benzene rings is 1. The minimum Gasteiger partial charge on any atom is -0.481 e. The molecule has 1 amide bonds. The lowest BCUT2D eigenvalue weighted by atomic mass is 10.1. The van der Waals surface area contributed by atoms with Crippen molar-refractivity contribution in [2.75, 3.05) is 0 Å². The van der Waals surface area contributed by atoms with E-state index in [4.69, 9.17) is 16.7 Å². The van der Waals surface area contributed by atoms with Crippen molar-refractivity contribution in [3.05, 3.63) is 40.7 Å². The molecule has 4 nitrogen and oxygen atoms in total. The van der Waals surface area contributed by atoms with Crippen molar-refractivity contribution in [1.29, 1.82) is 0 Å². The zero-order chi connectivity index (χ0) is 15.4. The number of hydrogen-bond acceptors (Lipinski definition) is 2. The summed E-state index contributed by atoms with van der Waals surface area (Å²) in [7, 11) is 0. The third kappa shape index (κ3) is 4.29. The average Bonchev–Trinajstić information content (AvgIpc) is 2.89. The van der Waals surface area contributed by atoms with Gasteiger partial charge < -0.3 is 10.4 Å². The lowest BCUT2D eigenvalue weighted by Crippen LogP contribution is -2.31. The van der Waals surface area contributed by atoms with Gasteiger partial charge in [0, 0.05) is 12.1 Å². The molecule has 0 saturated heterocycles. The fourth-order valence-corrected chi connectivity index (χ4v) is 2.56. The number of carbonyl (C=O) groups excluding carboxylic acids is 1. The van der Waals surface area contributed by atoms with Crippen LogP contribution in [0, 0.1) is 11.7 Å². The van der Waals surface area contributed by atoms with Gasteiger partial charge in [-0.05, 0) is 43.0 Å². The number of nitrogens with one attached hydrogen (secondary N) is 1. The molecule has 1 aliphatic rings. The van der Waals surface area contributed by atoms with Crippen molar-refractivity contribution in [1.82, 2.24) is 5.32 Å². The predicted molar refractivity (Wildman–Crippen MR) is 77.4 cm³/mol. The van der Waals surface area contributed by atoms with Crippen LogP contribution in [0.1, 0.15) is 24.8 Å². The van der Waals surface area contributed by atoms with Gasteiger partial charge in [0.15, 0.2) is 0 Å². The van der Waals surface area contributed by atoms with Gasteiger partial charge in [-0.3, -0.25) is 9.59 Å². The first-order valence-electron chi connectivity index (χ1n) is 6.62. The van der Waals surface area contributed by atoms with E-state index in [1.165, 1.54) is 30.4 Å². The highest BCUT2D eigenvalue weighted by Gasteiger charge is 2.30. The van der Waals surface area contributed by atoms with Gasteiger partial charge in [-0.1, -0.05) is 17.7 Å². The molecule has 0 heterocycles. The number of carbonyl (C=O) groups is 2. The molecule has 0 aliphatic heterocycles. The predicted octanol–water partition coefficient (Wildman–Crippen LogP) is 2.86. The van der Waals surface area contributed by atoms with E-state index in [-0.39, 0.29) is 22.9 Å². The molecule has 0 bridgehead atoms. The summed E-state index contributed by atoms with van der Waals surface area (Å²) < 4.78 is 13.0. The van der Waals surface area contributed by atoms with Gasteiger partial charge in [-0.15, -0.1) is 0 Å². The molecule has 0 aromatic heterocycles. The fraction of sp³-hybridized carbons (Fsp3) is 0.333. The summed E-state index contributed by atoms with van der Waals surface area (Å²) in [5, 5.41) is 11.7. The summed E-state index contributed by atoms with van der Waals surface area (Å²) in [6.45, 7) is 0. The van der Waals surface area contributed by atoms with Crippen LogP contribution in [0.25, 0.3) is 6.08 Å². The normalized spacial score (nSPS) is 21.6. The summed E-state index contributed by atoms with van der Waals surface area (Å²) in [6, 6.07) is 4.06. The van der Waals surface area contributed by atoms with E-state index in [2.05, 4.69) is 5.32 Å². The Morgan fingerprint density at radius 3 is 2.76 bits per heavy atom. The number of hydrogen-bond donors (Lipinski definition) is 2. The van der Waals surface area contributed by atoms with Crippen LogP contribution in [0.3, 0.4) is 0 Å². The second kappa shape index (κ2) is 6.72. The van der Waals surface area contributed by atoms with Crippen LogP contribution in [0.5, 0.6) is 0 Å². The van der Waals surface area contributed by atoms with Gasteiger partial charge in [0.05, 0.1) is 10.9 Å². The zero-order valence-corrected chi connectivity index (χ0v) is 11.9. The van der Waals surface area contributed by atoms with E-state index >= 15 is 0 Å². The lowest BCUT2D eigenvalue weighted by molar-refractivity contribution is -0.141. The number of halogens is 2.